The van der Waals surface area contributed by atoms with Crippen LogP contribution in [0.1, 0.15) is 73.9 Å². The molecule has 0 aromatic heterocycles. The first-order valence-corrected chi connectivity index (χ1v) is 6.87. The highest BCUT2D eigenvalue weighted by molar-refractivity contribution is 4.82. The molecule has 2 aliphatic rings. The highest BCUT2D eigenvalue weighted by Gasteiger charge is 2.27. The lowest BCUT2D eigenvalue weighted by Gasteiger charge is -2.41. The van der Waals surface area contributed by atoms with Crippen molar-refractivity contribution in [1.82, 2.24) is 4.90 Å². The minimum atomic E-state index is -1.13. The quantitative estimate of drug-likeness (QED) is 0.682. The predicted molar refractivity (Wildman–Crippen MR) is 66.1 cm³/mol. The third kappa shape index (κ3) is 2.96. The average molecular weight is 211 g/mol. The maximum Gasteiger partial charge on any atom is 0.0428 e. The molecule has 0 aliphatic heterocycles. The molecule has 0 unspecified atom stereocenters. The Hall–Kier alpha value is -0.0400. The molecule has 2 rings (SSSR count). The second kappa shape index (κ2) is 5.89. The zero-order valence-corrected chi connectivity index (χ0v) is 10.2. The number of hydrogen-bond acceptors (Lipinski definition) is 1. The molecule has 0 aromatic rings. The first kappa shape index (κ1) is 9.04. The molecule has 2 fully saturated rings. The summed E-state index contributed by atoms with van der Waals surface area (Å²) in [4.78, 5) is 2.24. The van der Waals surface area contributed by atoms with E-state index in [0.29, 0.717) is 12.1 Å². The van der Waals surface area contributed by atoms with Crippen LogP contribution < -0.4 is 0 Å². The second-order valence-corrected chi connectivity index (χ2v) is 5.21. The van der Waals surface area contributed by atoms with Crippen molar-refractivity contribution in [2.45, 2.75) is 83.2 Å². The Balaban J connectivity index is 2.06. The van der Waals surface area contributed by atoms with E-state index in [4.69, 9.17) is 2.74 Å². The van der Waals surface area contributed by atoms with Crippen molar-refractivity contribution in [3.63, 3.8) is 0 Å². The fourth-order valence-corrected chi connectivity index (χ4v) is 3.38. The molecule has 0 amide bonds. The summed E-state index contributed by atoms with van der Waals surface area (Å²) in [5.74, 6) is 0. The number of hydrogen-bond donors (Lipinski definition) is 0. The van der Waals surface area contributed by atoms with E-state index in [-0.39, 0.29) is 0 Å². The van der Waals surface area contributed by atoms with Crippen molar-refractivity contribution in [3.8, 4) is 0 Å². The summed E-state index contributed by atoms with van der Waals surface area (Å²) in [5, 5.41) is 0. The summed E-state index contributed by atoms with van der Waals surface area (Å²) in [6.07, 6.45) is 12.7. The van der Waals surface area contributed by atoms with Crippen molar-refractivity contribution in [2.24, 2.45) is 0 Å². The van der Waals surface area contributed by atoms with Gasteiger partial charge in [-0.1, -0.05) is 45.4 Å². The second-order valence-electron chi connectivity index (χ2n) is 5.21. The summed E-state index contributed by atoms with van der Waals surface area (Å²) < 4.78 is 16.3. The molecule has 88 valence electrons. The van der Waals surface area contributed by atoms with E-state index in [0.717, 1.165) is 0 Å². The van der Waals surface area contributed by atoms with E-state index < -0.39 is 6.50 Å². The van der Waals surface area contributed by atoms with E-state index in [1.165, 1.54) is 64.2 Å². The fourth-order valence-electron chi connectivity index (χ4n) is 3.38. The minimum absolute atomic E-state index is 0.506. The van der Waals surface area contributed by atoms with Crippen LogP contribution in [0.4, 0.5) is 0 Å². The molecule has 1 nitrogen and oxygen atoms in total. The van der Waals surface area contributed by atoms with E-state index in [1.54, 1.807) is 6.92 Å². The summed E-state index contributed by atoms with van der Waals surface area (Å²) in [5.41, 5.74) is 0. The molecule has 0 spiro atoms. The van der Waals surface area contributed by atoms with Gasteiger partial charge in [-0.3, -0.25) is 4.90 Å². The van der Waals surface area contributed by atoms with Gasteiger partial charge in [-0.25, -0.2) is 0 Å². The maximum absolute atomic E-state index is 8.15. The molecule has 2 aliphatic carbocycles. The van der Waals surface area contributed by atoms with Crippen LogP contribution >= 0.6 is 0 Å². The van der Waals surface area contributed by atoms with Crippen LogP contribution in [0.3, 0.4) is 0 Å². The zero-order valence-electron chi connectivity index (χ0n) is 12.2. The Morgan fingerprint density at radius 3 is 1.60 bits per heavy atom. The van der Waals surface area contributed by atoms with E-state index in [9.17, 15) is 0 Å². The lowest BCUT2D eigenvalue weighted by Crippen LogP contribution is -2.44. The molecule has 0 aromatic carbocycles. The van der Waals surface area contributed by atoms with Crippen molar-refractivity contribution in [1.29, 1.82) is 0 Å². The Morgan fingerprint density at radius 2 is 1.27 bits per heavy atom. The monoisotopic (exact) mass is 211 g/mol. The Morgan fingerprint density at radius 1 is 0.867 bits per heavy atom. The first-order valence-electron chi connectivity index (χ1n) is 7.87. The van der Waals surface area contributed by atoms with Gasteiger partial charge in [0, 0.05) is 14.8 Å². The predicted octanol–water partition coefficient (Wildman–Crippen LogP) is 3.97. The lowest BCUT2D eigenvalue weighted by atomic mass is 9.89. The lowest BCUT2D eigenvalue weighted by molar-refractivity contribution is 0.0869. The average Bonchev–Trinajstić information content (AvgIpc) is 2.30. The van der Waals surface area contributed by atoms with Crippen LogP contribution in [-0.2, 0) is 0 Å². The highest BCUT2D eigenvalue weighted by Crippen LogP contribution is 2.29. The maximum atomic E-state index is 8.15. The molecule has 0 N–H and O–H groups in total. The van der Waals surface area contributed by atoms with Gasteiger partial charge in [-0.05, 0) is 32.2 Å². The van der Waals surface area contributed by atoms with Gasteiger partial charge < -0.3 is 0 Å². The highest BCUT2D eigenvalue weighted by atomic mass is 15.2. The van der Waals surface area contributed by atoms with Gasteiger partial charge >= 0.3 is 0 Å². The van der Waals surface area contributed by atoms with Crippen LogP contribution in [-0.4, -0.2) is 23.5 Å². The molecular formula is C14H27N. The van der Waals surface area contributed by atoms with E-state index >= 15 is 0 Å². The zero-order chi connectivity index (χ0) is 12.3. The Kier molecular flexibility index (Phi) is 3.55. The molecule has 0 saturated heterocycles. The molecule has 15 heavy (non-hydrogen) atoms. The van der Waals surface area contributed by atoms with Gasteiger partial charge in [-0.2, -0.15) is 0 Å². The summed E-state index contributed by atoms with van der Waals surface area (Å²) in [6, 6.07) is 1.01. The van der Waals surface area contributed by atoms with Crippen molar-refractivity contribution in [2.75, 3.05) is 6.50 Å². The molecule has 2 saturated carbocycles. The molecule has 0 atom stereocenters. The first-order chi connectivity index (χ1) is 8.09. The summed E-state index contributed by atoms with van der Waals surface area (Å²) in [7, 11) is 0. The van der Waals surface area contributed by atoms with Crippen LogP contribution in [0.2, 0.25) is 0 Å². The molecular weight excluding hydrogens is 182 g/mol. The largest absolute Gasteiger partial charge is 0.298 e. The van der Waals surface area contributed by atoms with Crippen molar-refractivity contribution in [3.05, 3.63) is 0 Å². The van der Waals surface area contributed by atoms with Gasteiger partial charge in [0.15, 0.2) is 0 Å². The molecule has 0 radical (unpaired) electrons. The van der Waals surface area contributed by atoms with Crippen LogP contribution in [0.15, 0.2) is 0 Å². The molecule has 1 heteroatoms. The van der Waals surface area contributed by atoms with Gasteiger partial charge in [0.2, 0.25) is 0 Å². The van der Waals surface area contributed by atoms with E-state index in [2.05, 4.69) is 4.90 Å². The summed E-state index contributed by atoms with van der Waals surface area (Å²) >= 11 is 0. The third-order valence-electron chi connectivity index (χ3n) is 4.19. The topological polar surface area (TPSA) is 3.24 Å². The Bertz CT molecular complexity index is 207. The normalized spacial score (nSPS) is 28.9. The third-order valence-corrected chi connectivity index (χ3v) is 4.19. The van der Waals surface area contributed by atoms with Crippen molar-refractivity contribution < 1.29 is 2.74 Å². The molecule has 0 heterocycles. The minimum Gasteiger partial charge on any atom is -0.298 e. The fraction of sp³-hybridized carbons (Fsp3) is 1.00. The molecule has 0 bridgehead atoms. The van der Waals surface area contributed by atoms with Gasteiger partial charge in [0.05, 0.1) is 0 Å². The van der Waals surface area contributed by atoms with Crippen LogP contribution in [0.5, 0.6) is 0 Å². The standard InChI is InChI=1S/C14H27N/c1-2-15(13-9-5-3-6-10-13)14-11-7-4-8-12-14/h13-14H,2-12H2,1H3/i2D2. The van der Waals surface area contributed by atoms with Crippen molar-refractivity contribution >= 4 is 0 Å². The van der Waals surface area contributed by atoms with Crippen LogP contribution in [0, 0.1) is 0 Å². The van der Waals surface area contributed by atoms with Gasteiger partial charge in [0.1, 0.15) is 0 Å². The van der Waals surface area contributed by atoms with Gasteiger partial charge in [0.25, 0.3) is 0 Å². The Labute approximate surface area is 98.0 Å². The summed E-state index contributed by atoms with van der Waals surface area (Å²) in [6.45, 7) is 0.625. The SMILES string of the molecule is [2H]C([2H])(C)N(C1CCCCC1)C1CCCCC1. The van der Waals surface area contributed by atoms with Crippen LogP contribution in [0.25, 0.3) is 0 Å². The van der Waals surface area contributed by atoms with E-state index in [1.807, 2.05) is 0 Å². The smallest absolute Gasteiger partial charge is 0.0428 e. The number of rotatable bonds is 3. The van der Waals surface area contributed by atoms with Gasteiger partial charge in [-0.15, -0.1) is 0 Å². The number of nitrogens with zero attached hydrogens (tertiary/aromatic N) is 1.